The van der Waals surface area contributed by atoms with Crippen molar-refractivity contribution in [2.45, 2.75) is 105 Å². The van der Waals surface area contributed by atoms with Crippen LogP contribution in [0.4, 0.5) is 92.2 Å². The zero-order valence-electron chi connectivity index (χ0n) is 19.5. The van der Waals surface area contributed by atoms with Crippen molar-refractivity contribution in [1.29, 1.82) is 0 Å². The van der Waals surface area contributed by atoms with Gasteiger partial charge in [-0.15, -0.1) is 0 Å². The molecule has 246 valence electrons. The summed E-state index contributed by atoms with van der Waals surface area (Å²) in [6, 6.07) is 0. The lowest BCUT2D eigenvalue weighted by Crippen LogP contribution is -2.77. The minimum Gasteiger partial charge on any atom is -0.415 e. The van der Waals surface area contributed by atoms with E-state index in [1.807, 2.05) is 0 Å². The smallest absolute Gasteiger partial charge is 0.415 e. The number of rotatable bonds is 14. The lowest BCUT2D eigenvalue weighted by atomic mass is 9.87. The average molecular weight is 662 g/mol. The molecule has 23 heteroatoms. The maximum Gasteiger partial charge on any atom is 0.467 e. The van der Waals surface area contributed by atoms with Gasteiger partial charge < -0.3 is 4.74 Å². The summed E-state index contributed by atoms with van der Waals surface area (Å²) < 4.78 is 281. The highest BCUT2D eigenvalue weighted by atomic mass is 19.4. The van der Waals surface area contributed by atoms with Crippen LogP contribution in [0.2, 0.25) is 0 Å². The molecule has 0 amide bonds. The van der Waals surface area contributed by atoms with E-state index in [1.165, 1.54) is 0 Å². The zero-order valence-corrected chi connectivity index (χ0v) is 19.5. The van der Waals surface area contributed by atoms with E-state index in [1.54, 1.807) is 6.92 Å². The Morgan fingerprint density at radius 3 is 1.07 bits per heavy atom. The maximum absolute atomic E-state index is 14.3. The van der Waals surface area contributed by atoms with Crippen LogP contribution in [-0.2, 0) is 9.53 Å². The molecule has 0 rings (SSSR count). The van der Waals surface area contributed by atoms with Crippen molar-refractivity contribution in [2.75, 3.05) is 0 Å². The first-order valence-corrected chi connectivity index (χ1v) is 10.4. The first-order chi connectivity index (χ1) is 17.7. The van der Waals surface area contributed by atoms with Crippen LogP contribution in [0.3, 0.4) is 0 Å². The molecule has 0 saturated carbocycles. The number of halogens is 21. The Hall–Kier alpha value is -2.00. The van der Waals surface area contributed by atoms with E-state index in [2.05, 4.69) is 4.74 Å². The van der Waals surface area contributed by atoms with E-state index >= 15 is 0 Å². The number of alkyl halides is 21. The monoisotopic (exact) mass is 662 g/mol. The third-order valence-electron chi connectivity index (χ3n) is 5.23. The summed E-state index contributed by atoms with van der Waals surface area (Å²) in [7, 11) is 0. The molecule has 0 aromatic rings. The summed E-state index contributed by atoms with van der Waals surface area (Å²) in [5, 5.41) is 0. The SMILES string of the molecule is CCCCCCCC(=O)OC(F)(C(F)(F)F)C(F)(F)C(F)(F)C(F)(F)C(F)(F)C(F)(F)C(F)(F)C(F)(F)C(F)(F)F. The Labute approximate surface area is 214 Å². The van der Waals surface area contributed by atoms with E-state index in [-0.39, 0.29) is 12.8 Å². The Bertz CT molecular complexity index is 903. The predicted octanol–water partition coefficient (Wildman–Crippen LogP) is 9.13. The van der Waals surface area contributed by atoms with E-state index in [9.17, 15) is 97.0 Å². The first-order valence-electron chi connectivity index (χ1n) is 10.4. The normalized spacial score (nSPS) is 16.9. The molecule has 0 aliphatic heterocycles. The van der Waals surface area contributed by atoms with E-state index < -0.39 is 78.5 Å². The van der Waals surface area contributed by atoms with Gasteiger partial charge >= 0.3 is 65.6 Å². The molecule has 0 radical (unpaired) electrons. The molecule has 0 bridgehead atoms. The number of unbranched alkanes of at least 4 members (excludes halogenated alkanes) is 4. The molecule has 0 fully saturated rings. The second kappa shape index (κ2) is 11.3. The fraction of sp³-hybridized carbons (Fsp3) is 0.944. The zero-order chi connectivity index (χ0) is 33.5. The van der Waals surface area contributed by atoms with Crippen LogP contribution in [0.15, 0.2) is 0 Å². The van der Waals surface area contributed by atoms with Crippen molar-refractivity contribution >= 4 is 5.97 Å². The number of hydrogen-bond acceptors (Lipinski definition) is 2. The summed E-state index contributed by atoms with van der Waals surface area (Å²) in [6.45, 7) is 1.61. The third-order valence-corrected chi connectivity index (χ3v) is 5.23. The fourth-order valence-corrected chi connectivity index (χ4v) is 2.75. The number of hydrogen-bond donors (Lipinski definition) is 0. The summed E-state index contributed by atoms with van der Waals surface area (Å²) in [5.74, 6) is -73.4. The van der Waals surface area contributed by atoms with Crippen molar-refractivity contribution in [3.8, 4) is 0 Å². The van der Waals surface area contributed by atoms with Crippen LogP contribution in [-0.4, -0.2) is 65.6 Å². The van der Waals surface area contributed by atoms with Gasteiger partial charge in [-0.2, -0.15) is 92.2 Å². The van der Waals surface area contributed by atoms with Gasteiger partial charge in [-0.3, -0.25) is 4.79 Å². The molecule has 1 unspecified atom stereocenters. The topological polar surface area (TPSA) is 26.3 Å². The standard InChI is InChI=1S/C18H15F21O2/c1-2-3-4-5-6-7-8(40)41-16(33,18(37,38)39)14(29,30)12(25,26)10(21,22)9(19,20)11(23,24)13(27,28)15(31,32)17(34,35)36/h2-7H2,1H3. The summed E-state index contributed by atoms with van der Waals surface area (Å²) in [5.41, 5.74) is 0. The quantitative estimate of drug-likeness (QED) is 0.105. The number of esters is 1. The van der Waals surface area contributed by atoms with Gasteiger partial charge in [0.1, 0.15) is 0 Å². The van der Waals surface area contributed by atoms with Crippen LogP contribution in [0.25, 0.3) is 0 Å². The Balaban J connectivity index is 6.87. The molecular formula is C18H15F21O2. The molecule has 0 aliphatic rings. The predicted molar refractivity (Wildman–Crippen MR) is 90.0 cm³/mol. The van der Waals surface area contributed by atoms with E-state index in [0.29, 0.717) is 12.8 Å². The Kier molecular flexibility index (Phi) is 10.7. The van der Waals surface area contributed by atoms with Gasteiger partial charge in [0.25, 0.3) is 0 Å². The highest BCUT2D eigenvalue weighted by molar-refractivity contribution is 5.70. The molecule has 2 nitrogen and oxygen atoms in total. The highest BCUT2D eigenvalue weighted by Gasteiger charge is 2.98. The van der Waals surface area contributed by atoms with E-state index in [4.69, 9.17) is 0 Å². The molecular weight excluding hydrogens is 647 g/mol. The molecule has 41 heavy (non-hydrogen) atoms. The summed E-state index contributed by atoms with van der Waals surface area (Å²) in [4.78, 5) is 11.4. The van der Waals surface area contributed by atoms with Gasteiger partial charge in [0.2, 0.25) is 0 Å². The maximum atomic E-state index is 14.3. The Morgan fingerprint density at radius 1 is 0.439 bits per heavy atom. The van der Waals surface area contributed by atoms with Gasteiger partial charge in [-0.05, 0) is 6.42 Å². The first kappa shape index (κ1) is 39.0. The molecule has 0 aromatic carbocycles. The molecule has 0 aromatic heterocycles. The van der Waals surface area contributed by atoms with Crippen molar-refractivity contribution in [1.82, 2.24) is 0 Å². The summed E-state index contributed by atoms with van der Waals surface area (Å²) in [6.07, 6.45) is -17.2. The molecule has 0 spiro atoms. The van der Waals surface area contributed by atoms with Crippen molar-refractivity contribution < 1.29 is 102 Å². The minimum absolute atomic E-state index is 0.156. The van der Waals surface area contributed by atoms with Gasteiger partial charge in [-0.1, -0.05) is 32.6 Å². The minimum atomic E-state index is -9.24. The fourth-order valence-electron chi connectivity index (χ4n) is 2.75. The van der Waals surface area contributed by atoms with Crippen LogP contribution in [0, 0.1) is 0 Å². The Morgan fingerprint density at radius 2 is 0.756 bits per heavy atom. The van der Waals surface area contributed by atoms with Gasteiger partial charge in [0.15, 0.2) is 0 Å². The number of carbonyl (C=O) groups is 1. The third kappa shape index (κ3) is 5.95. The van der Waals surface area contributed by atoms with Crippen molar-refractivity contribution in [2.24, 2.45) is 0 Å². The number of ether oxygens (including phenoxy) is 1. The van der Waals surface area contributed by atoms with Crippen molar-refractivity contribution in [3.63, 3.8) is 0 Å². The highest BCUT2D eigenvalue weighted by Crippen LogP contribution is 2.66. The average Bonchev–Trinajstić information content (AvgIpc) is 2.76. The van der Waals surface area contributed by atoms with Gasteiger partial charge in [-0.25, -0.2) is 0 Å². The summed E-state index contributed by atoms with van der Waals surface area (Å²) >= 11 is 0. The van der Waals surface area contributed by atoms with Crippen LogP contribution >= 0.6 is 0 Å². The second-order valence-electron chi connectivity index (χ2n) is 8.25. The second-order valence-corrected chi connectivity index (χ2v) is 8.25. The van der Waals surface area contributed by atoms with Crippen LogP contribution in [0.1, 0.15) is 45.4 Å². The number of carbonyl (C=O) groups excluding carboxylic acids is 1. The van der Waals surface area contributed by atoms with Gasteiger partial charge in [0, 0.05) is 6.42 Å². The van der Waals surface area contributed by atoms with Crippen LogP contribution < -0.4 is 0 Å². The molecule has 0 N–H and O–H groups in total. The lowest BCUT2D eigenvalue weighted by Gasteiger charge is -2.44. The van der Waals surface area contributed by atoms with Crippen LogP contribution in [0.5, 0.6) is 0 Å². The molecule has 0 heterocycles. The molecule has 1 atom stereocenters. The lowest BCUT2D eigenvalue weighted by molar-refractivity contribution is -0.484. The van der Waals surface area contributed by atoms with Crippen molar-refractivity contribution in [3.05, 3.63) is 0 Å². The van der Waals surface area contributed by atoms with E-state index in [0.717, 1.165) is 0 Å². The van der Waals surface area contributed by atoms with Gasteiger partial charge in [0.05, 0.1) is 0 Å². The molecule has 0 saturated heterocycles. The largest absolute Gasteiger partial charge is 0.467 e. The molecule has 0 aliphatic carbocycles.